The van der Waals surface area contributed by atoms with Crippen LogP contribution in [-0.4, -0.2) is 72.4 Å². The molecule has 2 heterocycles. The first-order valence-corrected chi connectivity index (χ1v) is 9.04. The largest absolute Gasteiger partial charge is 0.394 e. The van der Waals surface area contributed by atoms with Crippen LogP contribution < -0.4 is 0 Å². The van der Waals surface area contributed by atoms with Crippen molar-refractivity contribution in [2.24, 2.45) is 0 Å². The van der Waals surface area contributed by atoms with Gasteiger partial charge in [0.1, 0.15) is 6.04 Å². The Bertz CT molecular complexity index is 706. The molecule has 2 saturated heterocycles. The fourth-order valence-corrected chi connectivity index (χ4v) is 3.90. The first-order valence-electron chi connectivity index (χ1n) is 9.04. The number of ether oxygens (including phenoxy) is 1. The number of amides is 1. The van der Waals surface area contributed by atoms with E-state index in [1.54, 1.807) is 4.90 Å². The van der Waals surface area contributed by atoms with Crippen molar-refractivity contribution in [3.63, 3.8) is 0 Å². The smallest absolute Gasteiger partial charge is 0.238 e. The molecule has 1 N–H and O–H groups in total. The lowest BCUT2D eigenvalue weighted by Crippen LogP contribution is -2.66. The summed E-state index contributed by atoms with van der Waals surface area (Å²) in [6.45, 7) is 4.74. The van der Waals surface area contributed by atoms with E-state index in [0.29, 0.717) is 26.3 Å². The van der Waals surface area contributed by atoms with Gasteiger partial charge in [0, 0.05) is 19.0 Å². The molecule has 0 spiro atoms. The summed E-state index contributed by atoms with van der Waals surface area (Å²) in [6, 6.07) is 9.23. The van der Waals surface area contributed by atoms with Crippen LogP contribution in [0.4, 0.5) is 0 Å². The molecule has 1 amide bonds. The number of carbonyl (C=O) groups excluding carboxylic acids is 1. The van der Waals surface area contributed by atoms with Gasteiger partial charge in [0.25, 0.3) is 0 Å². The van der Waals surface area contributed by atoms with Crippen molar-refractivity contribution in [3.05, 3.63) is 41.5 Å². The number of nitriles is 1. The summed E-state index contributed by atoms with van der Waals surface area (Å²) in [7, 11) is 0. The number of rotatable bonds is 5. The van der Waals surface area contributed by atoms with Crippen molar-refractivity contribution < 1.29 is 14.6 Å². The Morgan fingerprint density at radius 1 is 1.38 bits per heavy atom. The Labute approximate surface area is 154 Å². The predicted octanol–water partition coefficient (Wildman–Crippen LogP) is 1.23. The minimum absolute atomic E-state index is 0.0998. The van der Waals surface area contributed by atoms with Crippen LogP contribution in [0.2, 0.25) is 0 Å². The molecule has 0 radical (unpaired) electrons. The number of nitrogens with zero attached hydrogens (tertiary/aromatic N) is 3. The zero-order valence-corrected chi connectivity index (χ0v) is 15.0. The summed E-state index contributed by atoms with van der Waals surface area (Å²) in [5.74, 6) is -0.275. The van der Waals surface area contributed by atoms with E-state index in [1.165, 1.54) is 0 Å². The molecule has 6 nitrogen and oxygen atoms in total. The van der Waals surface area contributed by atoms with Crippen LogP contribution in [0.25, 0.3) is 6.08 Å². The number of allylic oxidation sites excluding steroid dienone is 1. The van der Waals surface area contributed by atoms with Gasteiger partial charge in [0.2, 0.25) is 5.91 Å². The topological polar surface area (TPSA) is 76.8 Å². The highest BCUT2D eigenvalue weighted by Crippen LogP contribution is 2.42. The van der Waals surface area contributed by atoms with Gasteiger partial charge in [-0.05, 0) is 18.1 Å². The van der Waals surface area contributed by atoms with Gasteiger partial charge >= 0.3 is 0 Å². The van der Waals surface area contributed by atoms with Crippen molar-refractivity contribution in [3.8, 4) is 6.07 Å². The summed E-state index contributed by atoms with van der Waals surface area (Å²) in [5, 5.41) is 19.6. The van der Waals surface area contributed by atoms with E-state index < -0.39 is 6.04 Å². The van der Waals surface area contributed by atoms with Gasteiger partial charge in [0.05, 0.1) is 38.5 Å². The molecular weight excluding hydrogens is 330 g/mol. The van der Waals surface area contributed by atoms with Crippen LogP contribution in [0.1, 0.15) is 24.0 Å². The summed E-state index contributed by atoms with van der Waals surface area (Å²) in [6.07, 6.45) is 3.95. The highest BCUT2D eigenvalue weighted by Gasteiger charge is 2.52. The third-order valence-corrected chi connectivity index (χ3v) is 5.18. The zero-order chi connectivity index (χ0) is 18.5. The maximum atomic E-state index is 12.8. The van der Waals surface area contributed by atoms with Gasteiger partial charge < -0.3 is 14.7 Å². The third-order valence-electron chi connectivity index (χ3n) is 5.18. The van der Waals surface area contributed by atoms with Crippen LogP contribution >= 0.6 is 0 Å². The number of carbonyl (C=O) groups is 1. The lowest BCUT2D eigenvalue weighted by Gasteiger charge is -2.52. The number of morpholine rings is 1. The second kappa shape index (κ2) is 8.45. The number of aliphatic hydroxyl groups is 1. The highest BCUT2D eigenvalue weighted by atomic mass is 16.5. The molecule has 1 aromatic carbocycles. The first-order chi connectivity index (χ1) is 12.7. The molecule has 2 fully saturated rings. The Hall–Kier alpha value is -2.20. The number of likely N-dealkylation sites (tertiary alicyclic amines) is 1. The minimum atomic E-state index is -0.549. The standard InChI is InChI=1S/C20H25N3O3/c1-2-5-15-6-3-4-7-16(15)20-17(12-21)23(18(20)14-24)19(25)13-22-8-10-26-11-9-22/h2-7,17-18,20,24H,8-11,13-14H2,1H3/b5-2+/t17-,18+,20-/m1/s1. The first kappa shape index (κ1) is 18.6. The average Bonchev–Trinajstić information content (AvgIpc) is 2.64. The van der Waals surface area contributed by atoms with E-state index in [1.807, 2.05) is 48.2 Å². The van der Waals surface area contributed by atoms with Crippen molar-refractivity contribution in [1.82, 2.24) is 9.80 Å². The summed E-state index contributed by atoms with van der Waals surface area (Å²) < 4.78 is 5.31. The Morgan fingerprint density at radius 2 is 2.12 bits per heavy atom. The molecule has 0 bridgehead atoms. The van der Waals surface area contributed by atoms with E-state index in [0.717, 1.165) is 11.1 Å². The van der Waals surface area contributed by atoms with Crippen molar-refractivity contribution in [2.45, 2.75) is 24.9 Å². The van der Waals surface area contributed by atoms with Crippen molar-refractivity contribution in [2.75, 3.05) is 39.5 Å². The van der Waals surface area contributed by atoms with Crippen LogP contribution in [-0.2, 0) is 9.53 Å². The average molecular weight is 355 g/mol. The molecule has 0 aromatic heterocycles. The SMILES string of the molecule is C/C=C/c1ccccc1[C@@H]1[C@@H](C#N)N(C(=O)CN2CCOCC2)[C@H]1CO. The molecule has 3 rings (SSSR count). The Kier molecular flexibility index (Phi) is 6.04. The normalized spacial score (nSPS) is 26.5. The lowest BCUT2D eigenvalue weighted by molar-refractivity contribution is -0.149. The molecule has 1 aromatic rings. The van der Waals surface area contributed by atoms with Crippen LogP contribution in [0.15, 0.2) is 30.3 Å². The predicted molar refractivity (Wildman–Crippen MR) is 98.3 cm³/mol. The van der Waals surface area contributed by atoms with Crippen LogP contribution in [0.3, 0.4) is 0 Å². The van der Waals surface area contributed by atoms with Crippen LogP contribution in [0, 0.1) is 11.3 Å². The molecule has 0 aliphatic carbocycles. The summed E-state index contributed by atoms with van der Waals surface area (Å²) in [4.78, 5) is 16.4. The van der Waals surface area contributed by atoms with Gasteiger partial charge in [-0.1, -0.05) is 36.4 Å². The molecule has 138 valence electrons. The van der Waals surface area contributed by atoms with E-state index in [2.05, 4.69) is 6.07 Å². The molecular formula is C20H25N3O3. The summed E-state index contributed by atoms with van der Waals surface area (Å²) >= 11 is 0. The van der Waals surface area contributed by atoms with Crippen LogP contribution in [0.5, 0.6) is 0 Å². The molecule has 3 atom stereocenters. The van der Waals surface area contributed by atoms with E-state index >= 15 is 0 Å². The van der Waals surface area contributed by atoms with Crippen molar-refractivity contribution >= 4 is 12.0 Å². The number of benzene rings is 1. The second-order valence-corrected chi connectivity index (χ2v) is 6.67. The van der Waals surface area contributed by atoms with E-state index in [4.69, 9.17) is 4.74 Å². The quantitative estimate of drug-likeness (QED) is 0.860. The molecule has 26 heavy (non-hydrogen) atoms. The Morgan fingerprint density at radius 3 is 2.77 bits per heavy atom. The maximum absolute atomic E-state index is 12.8. The van der Waals surface area contributed by atoms with Gasteiger partial charge in [0.15, 0.2) is 0 Å². The lowest BCUT2D eigenvalue weighted by atomic mass is 9.74. The van der Waals surface area contributed by atoms with Gasteiger partial charge in [-0.2, -0.15) is 5.26 Å². The second-order valence-electron chi connectivity index (χ2n) is 6.67. The van der Waals surface area contributed by atoms with Gasteiger partial charge in [-0.3, -0.25) is 9.69 Å². The number of hydrogen-bond donors (Lipinski definition) is 1. The number of hydrogen-bond acceptors (Lipinski definition) is 5. The fraction of sp³-hybridized carbons (Fsp3) is 0.500. The third kappa shape index (κ3) is 3.51. The molecule has 2 aliphatic rings. The summed E-state index contributed by atoms with van der Waals surface area (Å²) in [5.41, 5.74) is 2.03. The van der Waals surface area contributed by atoms with Crippen molar-refractivity contribution in [1.29, 1.82) is 5.26 Å². The minimum Gasteiger partial charge on any atom is -0.394 e. The van der Waals surface area contributed by atoms with Gasteiger partial charge in [-0.15, -0.1) is 0 Å². The van der Waals surface area contributed by atoms with Gasteiger partial charge in [-0.25, -0.2) is 0 Å². The molecule has 0 saturated carbocycles. The number of aliphatic hydroxyl groups excluding tert-OH is 1. The fourth-order valence-electron chi connectivity index (χ4n) is 3.90. The molecule has 2 aliphatic heterocycles. The highest BCUT2D eigenvalue weighted by molar-refractivity contribution is 5.81. The zero-order valence-electron chi connectivity index (χ0n) is 15.0. The Balaban J connectivity index is 1.80. The van der Waals surface area contributed by atoms with E-state index in [9.17, 15) is 15.2 Å². The monoisotopic (exact) mass is 355 g/mol. The molecule has 0 unspecified atom stereocenters. The maximum Gasteiger partial charge on any atom is 0.238 e. The van der Waals surface area contributed by atoms with E-state index in [-0.39, 0.29) is 31.0 Å². The molecule has 6 heteroatoms.